The lowest BCUT2D eigenvalue weighted by Crippen LogP contribution is -1.92. The molecule has 9 heavy (non-hydrogen) atoms. The molecule has 0 spiro atoms. The van der Waals surface area contributed by atoms with Crippen molar-refractivity contribution in [2.75, 3.05) is 0 Å². The number of oxime groups is 1. The largest absolute Gasteiger partial charge is 0.411 e. The van der Waals surface area contributed by atoms with E-state index in [4.69, 9.17) is 5.21 Å². The number of hydrogen-bond donors (Lipinski definition) is 1. The molecule has 1 rings (SSSR count). The predicted octanol–water partition coefficient (Wildman–Crippen LogP) is 2.03. The highest BCUT2D eigenvalue weighted by molar-refractivity contribution is 5.85. The van der Waals surface area contributed by atoms with E-state index in [1.54, 1.807) is 0 Å². The number of nitrogens with zero attached hydrogens (tertiary/aromatic N) is 1. The second kappa shape index (κ2) is 2.85. The van der Waals surface area contributed by atoms with Gasteiger partial charge in [0.15, 0.2) is 0 Å². The quantitative estimate of drug-likeness (QED) is 0.424. The number of hydrogen-bond acceptors (Lipinski definition) is 2. The zero-order valence-electron chi connectivity index (χ0n) is 5.80. The summed E-state index contributed by atoms with van der Waals surface area (Å²) < 4.78 is 0. The van der Waals surface area contributed by atoms with Gasteiger partial charge < -0.3 is 5.21 Å². The van der Waals surface area contributed by atoms with Crippen molar-refractivity contribution in [1.82, 2.24) is 0 Å². The summed E-state index contributed by atoms with van der Waals surface area (Å²) in [5, 5.41) is 11.6. The van der Waals surface area contributed by atoms with Crippen molar-refractivity contribution in [1.29, 1.82) is 0 Å². The van der Waals surface area contributed by atoms with Crippen LogP contribution in [0, 0.1) is 5.92 Å². The first-order valence-corrected chi connectivity index (χ1v) is 3.56. The molecule has 1 aliphatic rings. The first-order valence-electron chi connectivity index (χ1n) is 3.56. The third kappa shape index (κ3) is 1.44. The van der Waals surface area contributed by atoms with Crippen LogP contribution < -0.4 is 0 Å². The molecule has 1 aliphatic carbocycles. The van der Waals surface area contributed by atoms with Crippen molar-refractivity contribution in [3.63, 3.8) is 0 Å². The molecule has 1 fully saturated rings. The molecule has 0 saturated heterocycles. The molecule has 0 aromatic carbocycles. The molecule has 0 aromatic heterocycles. The molecule has 1 unspecified atom stereocenters. The van der Waals surface area contributed by atoms with Crippen molar-refractivity contribution >= 4 is 5.71 Å². The average molecular weight is 127 g/mol. The van der Waals surface area contributed by atoms with Crippen LogP contribution in [0.15, 0.2) is 5.16 Å². The summed E-state index contributed by atoms with van der Waals surface area (Å²) in [4.78, 5) is 0. The topological polar surface area (TPSA) is 32.6 Å². The lowest BCUT2D eigenvalue weighted by atomic mass is 10.1. The molecule has 2 nitrogen and oxygen atoms in total. The Kier molecular flexibility index (Phi) is 2.09. The smallest absolute Gasteiger partial charge is 0.0573 e. The van der Waals surface area contributed by atoms with Gasteiger partial charge in [-0.15, -0.1) is 0 Å². The molecule has 0 aliphatic heterocycles. The summed E-state index contributed by atoms with van der Waals surface area (Å²) in [6, 6.07) is 0. The van der Waals surface area contributed by atoms with Gasteiger partial charge in [-0.05, 0) is 25.2 Å². The van der Waals surface area contributed by atoms with Crippen LogP contribution in [0.1, 0.15) is 32.6 Å². The molecule has 1 saturated carbocycles. The minimum atomic E-state index is 0.788. The van der Waals surface area contributed by atoms with Crippen molar-refractivity contribution in [2.45, 2.75) is 32.6 Å². The summed E-state index contributed by atoms with van der Waals surface area (Å²) in [6.07, 6.45) is 4.47. The van der Waals surface area contributed by atoms with E-state index in [0.29, 0.717) is 0 Å². The summed E-state index contributed by atoms with van der Waals surface area (Å²) in [5.74, 6) is 0.788. The maximum atomic E-state index is 8.37. The maximum absolute atomic E-state index is 8.37. The monoisotopic (exact) mass is 127 g/mol. The van der Waals surface area contributed by atoms with Gasteiger partial charge in [-0.3, -0.25) is 0 Å². The zero-order chi connectivity index (χ0) is 6.69. The van der Waals surface area contributed by atoms with Crippen LogP contribution in [0.2, 0.25) is 0 Å². The SMILES string of the molecule is CCC1CC/C(=N/O)C1. The molecule has 0 bridgehead atoms. The summed E-state index contributed by atoms with van der Waals surface area (Å²) in [7, 11) is 0. The van der Waals surface area contributed by atoms with Gasteiger partial charge in [0.1, 0.15) is 0 Å². The van der Waals surface area contributed by atoms with Crippen LogP contribution >= 0.6 is 0 Å². The molecule has 52 valence electrons. The Bertz CT molecular complexity index is 120. The highest BCUT2D eigenvalue weighted by Crippen LogP contribution is 2.25. The van der Waals surface area contributed by atoms with Crippen LogP contribution in [0.4, 0.5) is 0 Å². The fourth-order valence-electron chi connectivity index (χ4n) is 1.35. The van der Waals surface area contributed by atoms with E-state index in [1.165, 1.54) is 12.8 Å². The Morgan fingerprint density at radius 1 is 1.78 bits per heavy atom. The third-order valence-electron chi connectivity index (χ3n) is 2.08. The highest BCUT2D eigenvalue weighted by Gasteiger charge is 2.18. The Labute approximate surface area is 55.6 Å². The van der Waals surface area contributed by atoms with E-state index in [9.17, 15) is 0 Å². The van der Waals surface area contributed by atoms with E-state index < -0.39 is 0 Å². The molecule has 0 amide bonds. The van der Waals surface area contributed by atoms with Crippen molar-refractivity contribution in [3.8, 4) is 0 Å². The Morgan fingerprint density at radius 3 is 2.89 bits per heavy atom. The van der Waals surface area contributed by atoms with E-state index >= 15 is 0 Å². The van der Waals surface area contributed by atoms with Gasteiger partial charge in [0.2, 0.25) is 0 Å². The van der Waals surface area contributed by atoms with E-state index in [-0.39, 0.29) is 0 Å². The van der Waals surface area contributed by atoms with Crippen molar-refractivity contribution in [2.24, 2.45) is 11.1 Å². The summed E-state index contributed by atoms with van der Waals surface area (Å²) >= 11 is 0. The molecule has 1 N–H and O–H groups in total. The van der Waals surface area contributed by atoms with Gasteiger partial charge in [0.05, 0.1) is 5.71 Å². The highest BCUT2D eigenvalue weighted by atomic mass is 16.4. The Morgan fingerprint density at radius 2 is 2.56 bits per heavy atom. The van der Waals surface area contributed by atoms with E-state index in [2.05, 4.69) is 12.1 Å². The average Bonchev–Trinajstić information content (AvgIpc) is 2.34. The van der Waals surface area contributed by atoms with Gasteiger partial charge in [0.25, 0.3) is 0 Å². The molecule has 2 heteroatoms. The standard InChI is InChI=1S/C7H13NO/c1-2-6-3-4-7(5-6)8-9/h6,9H,2-5H2,1H3/b8-7-. The van der Waals surface area contributed by atoms with Gasteiger partial charge in [-0.1, -0.05) is 18.5 Å². The van der Waals surface area contributed by atoms with Gasteiger partial charge in [-0.2, -0.15) is 0 Å². The van der Waals surface area contributed by atoms with Crippen LogP contribution in [-0.4, -0.2) is 10.9 Å². The van der Waals surface area contributed by atoms with Crippen LogP contribution in [0.3, 0.4) is 0 Å². The molecule has 0 aromatic rings. The van der Waals surface area contributed by atoms with Gasteiger partial charge in [0, 0.05) is 0 Å². The fraction of sp³-hybridized carbons (Fsp3) is 0.857. The molecule has 0 heterocycles. The first kappa shape index (κ1) is 6.59. The Hall–Kier alpha value is -0.530. The molecule has 0 radical (unpaired) electrons. The Balaban J connectivity index is 2.38. The molecule has 1 atom stereocenters. The fourth-order valence-corrected chi connectivity index (χ4v) is 1.35. The van der Waals surface area contributed by atoms with E-state index in [1.807, 2.05) is 0 Å². The van der Waals surface area contributed by atoms with Gasteiger partial charge in [-0.25, -0.2) is 0 Å². The lowest BCUT2D eigenvalue weighted by Gasteiger charge is -1.99. The van der Waals surface area contributed by atoms with Crippen LogP contribution in [-0.2, 0) is 0 Å². The number of rotatable bonds is 1. The normalized spacial score (nSPS) is 31.7. The summed E-state index contributed by atoms with van der Waals surface area (Å²) in [5.41, 5.74) is 0.988. The first-order chi connectivity index (χ1) is 4.36. The van der Waals surface area contributed by atoms with Crippen LogP contribution in [0.25, 0.3) is 0 Å². The van der Waals surface area contributed by atoms with Crippen molar-refractivity contribution < 1.29 is 5.21 Å². The second-order valence-electron chi connectivity index (χ2n) is 2.68. The van der Waals surface area contributed by atoms with Crippen LogP contribution in [0.5, 0.6) is 0 Å². The minimum absolute atomic E-state index is 0.788. The van der Waals surface area contributed by atoms with Crippen molar-refractivity contribution in [3.05, 3.63) is 0 Å². The van der Waals surface area contributed by atoms with E-state index in [0.717, 1.165) is 24.5 Å². The molecular formula is C7H13NO. The maximum Gasteiger partial charge on any atom is 0.0573 e. The second-order valence-corrected chi connectivity index (χ2v) is 2.68. The third-order valence-corrected chi connectivity index (χ3v) is 2.08. The van der Waals surface area contributed by atoms with Gasteiger partial charge >= 0.3 is 0 Å². The summed E-state index contributed by atoms with van der Waals surface area (Å²) in [6.45, 7) is 2.19. The lowest BCUT2D eigenvalue weighted by molar-refractivity contribution is 0.317. The molecular weight excluding hydrogens is 114 g/mol. The predicted molar refractivity (Wildman–Crippen MR) is 36.9 cm³/mol. The minimum Gasteiger partial charge on any atom is -0.411 e. The zero-order valence-corrected chi connectivity index (χ0v) is 5.80.